The van der Waals surface area contributed by atoms with E-state index in [0.717, 1.165) is 24.3 Å². The Morgan fingerprint density at radius 2 is 1.50 bits per heavy atom. The van der Waals surface area contributed by atoms with Gasteiger partial charge in [0.05, 0.1) is 25.3 Å². The predicted molar refractivity (Wildman–Crippen MR) is 182 cm³/mol. The SMILES string of the molecule is CC(=O)CCC(NC(=O)[C@H](C)CC(=O)[C@H](Cc1ccccc1)NC(=O)[C@@H](CC(=O)c1ccc(N2CCOCC2)cc1)C(C)C)C(O)C(F)(F)F. The number of hydrogen-bond donors (Lipinski definition) is 3. The minimum absolute atomic E-state index is 0.0789. The number of morpholine rings is 1. The summed E-state index contributed by atoms with van der Waals surface area (Å²) >= 11 is 0. The van der Waals surface area contributed by atoms with Crippen LogP contribution in [0.3, 0.4) is 0 Å². The maximum absolute atomic E-state index is 13.7. The van der Waals surface area contributed by atoms with Gasteiger partial charge in [0, 0.05) is 55.4 Å². The second kappa shape index (κ2) is 18.8. The highest BCUT2D eigenvalue weighted by molar-refractivity contribution is 6.00. The van der Waals surface area contributed by atoms with E-state index in [4.69, 9.17) is 4.74 Å². The highest BCUT2D eigenvalue weighted by Crippen LogP contribution is 2.26. The summed E-state index contributed by atoms with van der Waals surface area (Å²) in [6.07, 6.45) is -9.13. The molecular formula is C37H48F3N3O7. The molecule has 10 nitrogen and oxygen atoms in total. The molecule has 13 heteroatoms. The zero-order valence-electron chi connectivity index (χ0n) is 29.0. The summed E-state index contributed by atoms with van der Waals surface area (Å²) in [5.41, 5.74) is 2.14. The first kappa shape index (κ1) is 40.3. The van der Waals surface area contributed by atoms with Gasteiger partial charge in [0.1, 0.15) is 5.78 Å². The molecule has 0 aromatic heterocycles. The molecule has 5 atom stereocenters. The molecule has 0 radical (unpaired) electrons. The molecule has 2 aromatic carbocycles. The van der Waals surface area contributed by atoms with Gasteiger partial charge in [-0.2, -0.15) is 13.2 Å². The number of hydrogen-bond acceptors (Lipinski definition) is 8. The Balaban J connectivity index is 1.72. The fraction of sp³-hybridized carbons (Fsp3) is 0.541. The Labute approximate surface area is 291 Å². The molecule has 274 valence electrons. The molecule has 0 bridgehead atoms. The van der Waals surface area contributed by atoms with Crippen LogP contribution in [0.1, 0.15) is 69.3 Å². The van der Waals surface area contributed by atoms with Gasteiger partial charge < -0.3 is 30.2 Å². The van der Waals surface area contributed by atoms with Crippen molar-refractivity contribution in [1.82, 2.24) is 10.6 Å². The predicted octanol–water partition coefficient (Wildman–Crippen LogP) is 4.47. The third-order valence-corrected chi connectivity index (χ3v) is 8.91. The molecule has 2 amide bonds. The molecule has 50 heavy (non-hydrogen) atoms. The molecule has 1 aliphatic rings. The van der Waals surface area contributed by atoms with Gasteiger partial charge in [-0.1, -0.05) is 51.1 Å². The normalized spacial score (nSPS) is 16.5. The lowest BCUT2D eigenvalue weighted by Gasteiger charge is -2.29. The van der Waals surface area contributed by atoms with Crippen LogP contribution in [0, 0.1) is 17.8 Å². The van der Waals surface area contributed by atoms with Crippen LogP contribution in [0.15, 0.2) is 54.6 Å². The molecule has 1 saturated heterocycles. The van der Waals surface area contributed by atoms with E-state index in [1.165, 1.54) is 13.8 Å². The lowest BCUT2D eigenvalue weighted by atomic mass is 9.87. The standard InChI is InChI=1S/C37H48F3N3O7/c1-23(2)29(22-32(45)27-11-13-28(14-12-27)43-16-18-50-19-17-43)36(49)42-31(21-26-8-6-5-7-9-26)33(46)20-24(3)35(48)41-30(15-10-25(4)44)34(47)37(38,39)40/h5-9,11-14,23-24,29-31,34,47H,10,15-22H2,1-4H3,(H,41,48)(H,42,49)/t24-,29+,30?,31+,34?/m1/s1. The van der Waals surface area contributed by atoms with Crippen LogP contribution < -0.4 is 15.5 Å². The summed E-state index contributed by atoms with van der Waals surface area (Å²) < 4.78 is 45.3. The van der Waals surface area contributed by atoms with Crippen molar-refractivity contribution >= 4 is 34.9 Å². The van der Waals surface area contributed by atoms with Crippen LogP contribution in [-0.4, -0.2) is 84.9 Å². The first-order valence-electron chi connectivity index (χ1n) is 16.9. The zero-order valence-corrected chi connectivity index (χ0v) is 29.0. The Bertz CT molecular complexity index is 1440. The number of nitrogens with one attached hydrogen (secondary N) is 2. The van der Waals surface area contributed by atoms with Crippen molar-refractivity contribution < 1.29 is 47.0 Å². The number of halogens is 3. The van der Waals surface area contributed by atoms with Gasteiger partial charge in [0.25, 0.3) is 0 Å². The Kier molecular flexibility index (Phi) is 15.1. The molecule has 3 rings (SSSR count). The van der Waals surface area contributed by atoms with Crippen LogP contribution in [-0.2, 0) is 30.3 Å². The Morgan fingerprint density at radius 1 is 0.880 bits per heavy atom. The molecule has 0 aliphatic carbocycles. The zero-order chi connectivity index (χ0) is 37.0. The average Bonchev–Trinajstić information content (AvgIpc) is 3.08. The van der Waals surface area contributed by atoms with Crippen molar-refractivity contribution in [3.05, 3.63) is 65.7 Å². The Morgan fingerprint density at radius 3 is 2.06 bits per heavy atom. The number of amides is 2. The number of anilines is 1. The van der Waals surface area contributed by atoms with Crippen molar-refractivity contribution in [2.45, 2.75) is 84.2 Å². The lowest BCUT2D eigenvalue weighted by molar-refractivity contribution is -0.213. The lowest BCUT2D eigenvalue weighted by Crippen LogP contribution is -2.52. The molecule has 0 saturated carbocycles. The topological polar surface area (TPSA) is 142 Å². The molecule has 2 unspecified atom stereocenters. The minimum Gasteiger partial charge on any atom is -0.382 e. The summed E-state index contributed by atoms with van der Waals surface area (Å²) in [4.78, 5) is 67.2. The maximum Gasteiger partial charge on any atom is 0.416 e. The third-order valence-electron chi connectivity index (χ3n) is 8.91. The van der Waals surface area contributed by atoms with Crippen molar-refractivity contribution in [3.8, 4) is 0 Å². The molecule has 2 aromatic rings. The van der Waals surface area contributed by atoms with Gasteiger partial charge >= 0.3 is 6.18 Å². The number of ether oxygens (including phenoxy) is 1. The first-order valence-corrected chi connectivity index (χ1v) is 16.9. The molecule has 0 spiro atoms. The van der Waals surface area contributed by atoms with Gasteiger partial charge in [-0.15, -0.1) is 0 Å². The first-order chi connectivity index (χ1) is 23.6. The number of aliphatic hydroxyl groups excluding tert-OH is 1. The van der Waals surface area contributed by atoms with Crippen molar-refractivity contribution in [3.63, 3.8) is 0 Å². The van der Waals surface area contributed by atoms with Crippen LogP contribution in [0.25, 0.3) is 0 Å². The maximum atomic E-state index is 13.7. The summed E-state index contributed by atoms with van der Waals surface area (Å²) in [5, 5.41) is 14.8. The van der Waals surface area contributed by atoms with Gasteiger partial charge in [-0.25, -0.2) is 0 Å². The Hall–Kier alpha value is -4.10. The van der Waals surface area contributed by atoms with Gasteiger partial charge in [0.2, 0.25) is 11.8 Å². The van der Waals surface area contributed by atoms with E-state index in [0.29, 0.717) is 18.8 Å². The number of Topliss-reactive ketones (excluding diaryl/α,β-unsaturated/α-hetero) is 3. The highest BCUT2D eigenvalue weighted by Gasteiger charge is 2.44. The number of benzene rings is 2. The fourth-order valence-electron chi connectivity index (χ4n) is 5.76. The molecule has 3 N–H and O–H groups in total. The third kappa shape index (κ3) is 12.3. The van der Waals surface area contributed by atoms with E-state index in [1.54, 1.807) is 56.3 Å². The second-order valence-corrected chi connectivity index (χ2v) is 13.3. The van der Waals surface area contributed by atoms with E-state index in [2.05, 4.69) is 15.5 Å². The number of carbonyl (C=O) groups excluding carboxylic acids is 5. The van der Waals surface area contributed by atoms with E-state index in [-0.39, 0.29) is 31.0 Å². The summed E-state index contributed by atoms with van der Waals surface area (Å²) in [7, 11) is 0. The number of alkyl halides is 3. The van der Waals surface area contributed by atoms with E-state index in [1.807, 2.05) is 12.1 Å². The van der Waals surface area contributed by atoms with Gasteiger partial charge in [-0.05, 0) is 55.5 Å². The molecule has 1 heterocycles. The van der Waals surface area contributed by atoms with Crippen LogP contribution >= 0.6 is 0 Å². The second-order valence-electron chi connectivity index (χ2n) is 13.3. The largest absolute Gasteiger partial charge is 0.416 e. The van der Waals surface area contributed by atoms with Gasteiger partial charge in [0.15, 0.2) is 17.7 Å². The molecule has 1 aliphatic heterocycles. The smallest absolute Gasteiger partial charge is 0.382 e. The average molecular weight is 704 g/mol. The number of ketones is 3. The minimum atomic E-state index is -5.04. The van der Waals surface area contributed by atoms with E-state index >= 15 is 0 Å². The van der Waals surface area contributed by atoms with Crippen LogP contribution in [0.5, 0.6) is 0 Å². The molecule has 1 fully saturated rings. The van der Waals surface area contributed by atoms with E-state index < -0.39 is 72.4 Å². The number of carbonyl (C=O) groups is 5. The van der Waals surface area contributed by atoms with E-state index in [9.17, 15) is 42.3 Å². The quantitative estimate of drug-likeness (QED) is 0.193. The van der Waals surface area contributed by atoms with Crippen molar-refractivity contribution in [2.24, 2.45) is 17.8 Å². The summed E-state index contributed by atoms with van der Waals surface area (Å²) in [6, 6.07) is 13.2. The number of rotatable bonds is 18. The number of aliphatic hydroxyl groups is 1. The van der Waals surface area contributed by atoms with Crippen molar-refractivity contribution in [1.29, 1.82) is 0 Å². The monoisotopic (exact) mass is 703 g/mol. The fourth-order valence-corrected chi connectivity index (χ4v) is 5.76. The summed E-state index contributed by atoms with van der Waals surface area (Å²) in [5.74, 6) is -4.77. The molecular weight excluding hydrogens is 655 g/mol. The van der Waals surface area contributed by atoms with Crippen LogP contribution in [0.2, 0.25) is 0 Å². The highest BCUT2D eigenvalue weighted by atomic mass is 19.4. The number of nitrogens with zero attached hydrogens (tertiary/aromatic N) is 1. The van der Waals surface area contributed by atoms with Gasteiger partial charge in [-0.3, -0.25) is 19.2 Å². The van der Waals surface area contributed by atoms with Crippen molar-refractivity contribution in [2.75, 3.05) is 31.2 Å². The van der Waals surface area contributed by atoms with Crippen LogP contribution in [0.4, 0.5) is 18.9 Å². The summed E-state index contributed by atoms with van der Waals surface area (Å²) in [6.45, 7) is 8.90.